The lowest BCUT2D eigenvalue weighted by Gasteiger charge is -2.00. The lowest BCUT2D eigenvalue weighted by atomic mass is 11.3. The Bertz CT molecular complexity index is 99.9. The van der Waals surface area contributed by atoms with Crippen LogP contribution in [0.5, 0.6) is 0 Å². The molecule has 0 aliphatic rings. The summed E-state index contributed by atoms with van der Waals surface area (Å²) in [6.45, 7) is 0. The molecule has 0 aliphatic heterocycles. The fraction of sp³-hybridized carbons (Fsp3) is 0. The number of hydrogen-bond acceptors (Lipinski definition) is 4. The van der Waals surface area contributed by atoms with Crippen molar-refractivity contribution in [1.82, 2.24) is 4.72 Å². The van der Waals surface area contributed by atoms with Crippen LogP contribution in [0.1, 0.15) is 0 Å². The van der Waals surface area contributed by atoms with E-state index in [2.05, 4.69) is 0 Å². The van der Waals surface area contributed by atoms with Crippen molar-refractivity contribution in [2.45, 2.75) is 0 Å². The molecule has 0 saturated carbocycles. The zero-order valence-electron chi connectivity index (χ0n) is 3.80. The average Bonchev–Trinajstić information content (AvgIpc) is 1.61. The molecule has 6 heteroatoms. The third kappa shape index (κ3) is 5.09. The number of carboxylic acid groups (broad SMARTS) is 1. The van der Waals surface area contributed by atoms with Gasteiger partial charge in [-0.15, -0.1) is 0 Å². The third-order valence-electron chi connectivity index (χ3n) is 0.244. The van der Waals surface area contributed by atoms with Crippen LogP contribution in [-0.4, -0.2) is 11.3 Å². The highest BCUT2D eigenvalue weighted by Gasteiger charge is 1.85. The van der Waals surface area contributed by atoms with Crippen LogP contribution in [0.25, 0.3) is 0 Å². The molecule has 0 bridgehead atoms. The standard InChI is InChI=1S/C2H5N3O2S/c3-1(4)8-5-2(6)7/h5H,(H3,3,4)(H,6,7)/p-1. The monoisotopic (exact) mass is 134 g/mol. The van der Waals surface area contributed by atoms with Crippen LogP contribution in [0, 0.1) is 5.41 Å². The van der Waals surface area contributed by atoms with E-state index in [0.29, 0.717) is 11.9 Å². The van der Waals surface area contributed by atoms with Gasteiger partial charge >= 0.3 is 0 Å². The molecule has 0 atom stereocenters. The molecule has 46 valence electrons. The highest BCUT2D eigenvalue weighted by molar-refractivity contribution is 8.12. The van der Waals surface area contributed by atoms with Gasteiger partial charge in [-0.2, -0.15) is 0 Å². The molecule has 0 aliphatic carbocycles. The van der Waals surface area contributed by atoms with Gasteiger partial charge in [0.1, 0.15) is 6.09 Å². The number of nitrogens with two attached hydrogens (primary N) is 1. The van der Waals surface area contributed by atoms with Gasteiger partial charge < -0.3 is 20.4 Å². The number of rotatable bonds is 0. The van der Waals surface area contributed by atoms with Crippen LogP contribution in [0.15, 0.2) is 0 Å². The van der Waals surface area contributed by atoms with Crippen molar-refractivity contribution < 1.29 is 9.90 Å². The minimum absolute atomic E-state index is 0.311. The van der Waals surface area contributed by atoms with Crippen molar-refractivity contribution in [2.75, 3.05) is 0 Å². The van der Waals surface area contributed by atoms with Crippen molar-refractivity contribution in [2.24, 2.45) is 5.73 Å². The molecule has 0 saturated heterocycles. The van der Waals surface area contributed by atoms with E-state index < -0.39 is 6.09 Å². The summed E-state index contributed by atoms with van der Waals surface area (Å²) in [5, 5.41) is 15.7. The van der Waals surface area contributed by atoms with Gasteiger partial charge in [0.15, 0.2) is 5.17 Å². The lowest BCUT2D eigenvalue weighted by molar-refractivity contribution is -0.247. The Morgan fingerprint density at radius 1 is 1.88 bits per heavy atom. The molecule has 8 heavy (non-hydrogen) atoms. The average molecular weight is 134 g/mol. The van der Waals surface area contributed by atoms with E-state index in [-0.39, 0.29) is 5.17 Å². The lowest BCUT2D eigenvalue weighted by Crippen LogP contribution is -2.33. The van der Waals surface area contributed by atoms with E-state index in [4.69, 9.17) is 11.1 Å². The predicted molar refractivity (Wildman–Crippen MR) is 28.0 cm³/mol. The molecule has 1 amide bonds. The molecule has 4 N–H and O–H groups in total. The van der Waals surface area contributed by atoms with Crippen LogP contribution >= 0.6 is 11.9 Å². The second-order valence-corrected chi connectivity index (χ2v) is 1.70. The van der Waals surface area contributed by atoms with Gasteiger partial charge in [0.25, 0.3) is 0 Å². The smallest absolute Gasteiger partial charge is 0.172 e. The molecule has 0 spiro atoms. The molecule has 0 fully saturated rings. The van der Waals surface area contributed by atoms with Crippen molar-refractivity contribution in [3.05, 3.63) is 0 Å². The minimum Gasteiger partial charge on any atom is -0.529 e. The maximum absolute atomic E-state index is 9.51. The Labute approximate surface area is 49.9 Å². The first-order valence-corrected chi connectivity index (χ1v) is 2.42. The van der Waals surface area contributed by atoms with E-state index in [0.717, 1.165) is 0 Å². The highest BCUT2D eigenvalue weighted by atomic mass is 32.2. The number of nitrogens with one attached hydrogen (secondary N) is 2. The van der Waals surface area contributed by atoms with E-state index in [1.54, 1.807) is 4.72 Å². The van der Waals surface area contributed by atoms with E-state index >= 15 is 0 Å². The van der Waals surface area contributed by atoms with Gasteiger partial charge in [0, 0.05) is 11.9 Å². The zero-order valence-corrected chi connectivity index (χ0v) is 4.62. The Balaban J connectivity index is 3.18. The summed E-state index contributed by atoms with van der Waals surface area (Å²) in [5.41, 5.74) is 4.73. The second-order valence-electron chi connectivity index (χ2n) is 0.856. The molecule has 0 rings (SSSR count). The summed E-state index contributed by atoms with van der Waals surface area (Å²) in [6, 6.07) is 0. The summed E-state index contributed by atoms with van der Waals surface area (Å²) in [4.78, 5) is 9.51. The quantitative estimate of drug-likeness (QED) is 0.212. The van der Waals surface area contributed by atoms with Crippen molar-refractivity contribution >= 4 is 23.2 Å². The molecule has 0 unspecified atom stereocenters. The third-order valence-corrected chi connectivity index (χ3v) is 0.733. The molecule has 0 heterocycles. The first kappa shape index (κ1) is 7.09. The molecule has 0 aromatic rings. The molecular formula is C2H4N3O2S-. The topological polar surface area (TPSA) is 102 Å². The molecular weight excluding hydrogens is 130 g/mol. The molecule has 0 aromatic heterocycles. The number of amides is 1. The Kier molecular flexibility index (Phi) is 2.78. The Morgan fingerprint density at radius 3 is 2.50 bits per heavy atom. The first-order valence-electron chi connectivity index (χ1n) is 1.61. The molecule has 0 radical (unpaired) electrons. The van der Waals surface area contributed by atoms with Crippen molar-refractivity contribution in [3.63, 3.8) is 0 Å². The Hall–Kier alpha value is -0.910. The predicted octanol–water partition coefficient (Wildman–Crippen LogP) is -1.54. The number of carbonyl (C=O) groups is 1. The maximum Gasteiger partial charge on any atom is 0.172 e. The van der Waals surface area contributed by atoms with Gasteiger partial charge in [0.2, 0.25) is 0 Å². The normalized spacial score (nSPS) is 8.00. The second kappa shape index (κ2) is 3.14. The van der Waals surface area contributed by atoms with Crippen LogP contribution in [0.2, 0.25) is 0 Å². The molecule has 5 nitrogen and oxygen atoms in total. The van der Waals surface area contributed by atoms with Gasteiger partial charge in [-0.05, 0) is 0 Å². The minimum atomic E-state index is -1.45. The summed E-state index contributed by atoms with van der Waals surface area (Å²) < 4.78 is 1.72. The summed E-state index contributed by atoms with van der Waals surface area (Å²) in [7, 11) is 0. The number of carbonyl (C=O) groups excluding carboxylic acids is 1. The Morgan fingerprint density at radius 2 is 2.38 bits per heavy atom. The number of amidine groups is 1. The van der Waals surface area contributed by atoms with Crippen LogP contribution in [0.3, 0.4) is 0 Å². The largest absolute Gasteiger partial charge is 0.529 e. The van der Waals surface area contributed by atoms with E-state index in [1.165, 1.54) is 0 Å². The fourth-order valence-corrected chi connectivity index (χ4v) is 0.290. The van der Waals surface area contributed by atoms with Gasteiger partial charge in [-0.3, -0.25) is 5.41 Å². The summed E-state index contributed by atoms with van der Waals surface area (Å²) in [6.07, 6.45) is -1.45. The van der Waals surface area contributed by atoms with Gasteiger partial charge in [0.05, 0.1) is 0 Å². The van der Waals surface area contributed by atoms with Gasteiger partial charge in [-0.1, -0.05) is 0 Å². The number of hydrogen-bond donors (Lipinski definition) is 3. The van der Waals surface area contributed by atoms with Crippen molar-refractivity contribution in [1.29, 1.82) is 5.41 Å². The van der Waals surface area contributed by atoms with E-state index in [9.17, 15) is 9.90 Å². The highest BCUT2D eigenvalue weighted by Crippen LogP contribution is 1.85. The zero-order chi connectivity index (χ0) is 6.57. The van der Waals surface area contributed by atoms with Crippen molar-refractivity contribution in [3.8, 4) is 0 Å². The van der Waals surface area contributed by atoms with Gasteiger partial charge in [-0.25, -0.2) is 0 Å². The first-order chi connectivity index (χ1) is 3.63. The van der Waals surface area contributed by atoms with E-state index in [1.807, 2.05) is 0 Å². The van der Waals surface area contributed by atoms with Crippen LogP contribution in [0.4, 0.5) is 4.79 Å². The summed E-state index contributed by atoms with van der Waals surface area (Å²) in [5.74, 6) is 0. The molecule has 0 aromatic carbocycles. The SMILES string of the molecule is N=C(N)SNC(=O)[O-]. The maximum atomic E-state index is 9.51. The van der Waals surface area contributed by atoms with Crippen LogP contribution < -0.4 is 15.6 Å². The fourth-order valence-electron chi connectivity index (χ4n) is 0.0966. The summed E-state index contributed by atoms with van der Waals surface area (Å²) >= 11 is 0.488. The van der Waals surface area contributed by atoms with Crippen LogP contribution in [-0.2, 0) is 0 Å².